The lowest BCUT2D eigenvalue weighted by Crippen LogP contribution is -2.29. The molecule has 0 aliphatic carbocycles. The molecule has 0 bridgehead atoms. The zero-order valence-corrected chi connectivity index (χ0v) is 16.4. The molecule has 1 N–H and O–H groups in total. The normalized spacial score (nSPS) is 13.4. The van der Waals surface area contributed by atoms with Gasteiger partial charge in [-0.1, -0.05) is 12.1 Å². The smallest absolute Gasteiger partial charge is 0.336 e. The Morgan fingerprint density at radius 3 is 2.50 bits per heavy atom. The zero-order valence-electron chi connectivity index (χ0n) is 16.4. The highest BCUT2D eigenvalue weighted by Gasteiger charge is 2.17. The SMILES string of the molecule is O=C(COc1ccc2ccc(=O)oc2c1)Nc1ccc(CC(=O)N2CCCC2)cc1. The molecule has 1 aliphatic heterocycles. The molecule has 7 heteroatoms. The lowest BCUT2D eigenvalue weighted by Gasteiger charge is -2.15. The van der Waals surface area contributed by atoms with Gasteiger partial charge in [0.25, 0.3) is 5.91 Å². The third-order valence-corrected chi connectivity index (χ3v) is 5.02. The fourth-order valence-electron chi connectivity index (χ4n) is 3.44. The molecule has 0 saturated carbocycles. The van der Waals surface area contributed by atoms with E-state index >= 15 is 0 Å². The third-order valence-electron chi connectivity index (χ3n) is 5.02. The highest BCUT2D eigenvalue weighted by molar-refractivity contribution is 5.92. The van der Waals surface area contributed by atoms with Gasteiger partial charge in [-0.15, -0.1) is 0 Å². The number of nitrogens with one attached hydrogen (secondary N) is 1. The number of ether oxygens (including phenoxy) is 1. The Kier molecular flexibility index (Phi) is 5.79. The van der Waals surface area contributed by atoms with Crippen molar-refractivity contribution in [3.63, 3.8) is 0 Å². The van der Waals surface area contributed by atoms with E-state index in [1.165, 1.54) is 6.07 Å². The number of amides is 2. The van der Waals surface area contributed by atoms with Gasteiger partial charge in [0.1, 0.15) is 11.3 Å². The molecule has 4 rings (SSSR count). The molecular formula is C23H22N2O5. The quantitative estimate of drug-likeness (QED) is 0.636. The Hall–Kier alpha value is -3.61. The minimum atomic E-state index is -0.442. The van der Waals surface area contributed by atoms with Crippen LogP contribution < -0.4 is 15.7 Å². The van der Waals surface area contributed by atoms with E-state index < -0.39 is 5.63 Å². The van der Waals surface area contributed by atoms with Crippen LogP contribution in [-0.4, -0.2) is 36.4 Å². The average Bonchev–Trinajstić information content (AvgIpc) is 3.28. The standard InChI is InChI=1S/C23H22N2O5/c26-21(15-29-19-9-5-17-6-10-23(28)30-20(17)14-19)24-18-7-3-16(4-8-18)13-22(27)25-11-1-2-12-25/h3-10,14H,1-2,11-13,15H2,(H,24,26). The number of anilines is 1. The van der Waals surface area contributed by atoms with Gasteiger partial charge in [0.05, 0.1) is 6.42 Å². The van der Waals surface area contributed by atoms with Crippen LogP contribution in [0.25, 0.3) is 11.0 Å². The lowest BCUT2D eigenvalue weighted by atomic mass is 10.1. The predicted octanol–water partition coefficient (Wildman–Crippen LogP) is 2.98. The van der Waals surface area contributed by atoms with Crippen LogP contribution in [0.4, 0.5) is 5.69 Å². The Labute approximate surface area is 173 Å². The summed E-state index contributed by atoms with van der Waals surface area (Å²) in [5, 5.41) is 3.53. The summed E-state index contributed by atoms with van der Waals surface area (Å²) in [6.07, 6.45) is 2.52. The topological polar surface area (TPSA) is 88.9 Å². The van der Waals surface area contributed by atoms with Crippen molar-refractivity contribution in [1.29, 1.82) is 0 Å². The molecule has 1 saturated heterocycles. The fourth-order valence-corrected chi connectivity index (χ4v) is 3.44. The van der Waals surface area contributed by atoms with Crippen LogP contribution in [0.3, 0.4) is 0 Å². The number of nitrogens with zero attached hydrogens (tertiary/aromatic N) is 1. The van der Waals surface area contributed by atoms with E-state index in [0.717, 1.165) is 36.9 Å². The molecule has 1 aromatic heterocycles. The van der Waals surface area contributed by atoms with E-state index in [1.807, 2.05) is 17.0 Å². The number of carbonyl (C=O) groups is 2. The lowest BCUT2D eigenvalue weighted by molar-refractivity contribution is -0.129. The van der Waals surface area contributed by atoms with Crippen molar-refractivity contribution in [3.05, 3.63) is 70.6 Å². The first-order valence-electron chi connectivity index (χ1n) is 9.90. The van der Waals surface area contributed by atoms with Gasteiger partial charge in [-0.2, -0.15) is 0 Å². The van der Waals surface area contributed by atoms with Crippen molar-refractivity contribution in [1.82, 2.24) is 4.90 Å². The number of benzene rings is 2. The molecule has 30 heavy (non-hydrogen) atoms. The number of likely N-dealkylation sites (tertiary alicyclic amines) is 1. The van der Waals surface area contributed by atoms with E-state index in [9.17, 15) is 14.4 Å². The maximum atomic E-state index is 12.2. The summed E-state index contributed by atoms with van der Waals surface area (Å²) in [6, 6.07) is 15.3. The van der Waals surface area contributed by atoms with Crippen LogP contribution in [0, 0.1) is 0 Å². The van der Waals surface area contributed by atoms with Gasteiger partial charge in [-0.3, -0.25) is 9.59 Å². The molecule has 3 aromatic rings. The second kappa shape index (κ2) is 8.82. The summed E-state index contributed by atoms with van der Waals surface area (Å²) in [7, 11) is 0. The van der Waals surface area contributed by atoms with Gasteiger partial charge in [-0.05, 0) is 48.7 Å². The van der Waals surface area contributed by atoms with Crippen molar-refractivity contribution < 1.29 is 18.7 Å². The third kappa shape index (κ3) is 4.86. The highest BCUT2D eigenvalue weighted by atomic mass is 16.5. The molecule has 1 fully saturated rings. The van der Waals surface area contributed by atoms with Gasteiger partial charge >= 0.3 is 5.63 Å². The molecule has 0 atom stereocenters. The number of rotatable bonds is 6. The summed E-state index contributed by atoms with van der Waals surface area (Å²) >= 11 is 0. The summed E-state index contributed by atoms with van der Waals surface area (Å²) in [5.74, 6) is 0.261. The largest absolute Gasteiger partial charge is 0.484 e. The monoisotopic (exact) mass is 406 g/mol. The maximum Gasteiger partial charge on any atom is 0.336 e. The van der Waals surface area contributed by atoms with Crippen LogP contribution in [0.15, 0.2) is 63.8 Å². The van der Waals surface area contributed by atoms with Crippen LogP contribution in [0.5, 0.6) is 5.75 Å². The Morgan fingerprint density at radius 2 is 1.73 bits per heavy atom. The molecule has 154 valence electrons. The summed E-state index contributed by atoms with van der Waals surface area (Å²) in [6.45, 7) is 1.50. The van der Waals surface area contributed by atoms with Gasteiger partial charge in [0, 0.05) is 36.3 Å². The molecule has 2 amide bonds. The Bertz CT molecular complexity index is 1110. The minimum absolute atomic E-state index is 0.143. The molecule has 0 spiro atoms. The van der Waals surface area contributed by atoms with Gasteiger partial charge in [-0.25, -0.2) is 4.79 Å². The second-order valence-corrected chi connectivity index (χ2v) is 7.25. The fraction of sp³-hybridized carbons (Fsp3) is 0.261. The maximum absolute atomic E-state index is 12.2. The minimum Gasteiger partial charge on any atom is -0.484 e. The van der Waals surface area contributed by atoms with Crippen molar-refractivity contribution in [2.45, 2.75) is 19.3 Å². The van der Waals surface area contributed by atoms with E-state index in [0.29, 0.717) is 23.4 Å². The zero-order chi connectivity index (χ0) is 20.9. The van der Waals surface area contributed by atoms with E-state index in [-0.39, 0.29) is 18.4 Å². The van der Waals surface area contributed by atoms with E-state index in [1.54, 1.807) is 36.4 Å². The van der Waals surface area contributed by atoms with Gasteiger partial charge in [0.15, 0.2) is 6.61 Å². The van der Waals surface area contributed by atoms with E-state index in [2.05, 4.69) is 5.32 Å². The van der Waals surface area contributed by atoms with Crippen LogP contribution in [0.1, 0.15) is 18.4 Å². The first kappa shape index (κ1) is 19.7. The number of carbonyl (C=O) groups excluding carboxylic acids is 2. The molecular weight excluding hydrogens is 384 g/mol. The summed E-state index contributed by atoms with van der Waals surface area (Å²) < 4.78 is 10.6. The molecule has 1 aliphatic rings. The highest BCUT2D eigenvalue weighted by Crippen LogP contribution is 2.19. The molecule has 2 heterocycles. The number of hydrogen-bond donors (Lipinski definition) is 1. The number of hydrogen-bond acceptors (Lipinski definition) is 5. The Morgan fingerprint density at radius 1 is 1.00 bits per heavy atom. The van der Waals surface area contributed by atoms with E-state index in [4.69, 9.17) is 9.15 Å². The first-order valence-corrected chi connectivity index (χ1v) is 9.90. The first-order chi connectivity index (χ1) is 14.6. The second-order valence-electron chi connectivity index (χ2n) is 7.25. The molecule has 2 aromatic carbocycles. The molecule has 0 radical (unpaired) electrons. The van der Waals surface area contributed by atoms with Gasteiger partial charge < -0.3 is 19.4 Å². The van der Waals surface area contributed by atoms with Crippen molar-refractivity contribution in [2.24, 2.45) is 0 Å². The van der Waals surface area contributed by atoms with Crippen molar-refractivity contribution in [3.8, 4) is 5.75 Å². The average molecular weight is 406 g/mol. The Balaban J connectivity index is 1.29. The van der Waals surface area contributed by atoms with Gasteiger partial charge in [0.2, 0.25) is 5.91 Å². The number of fused-ring (bicyclic) bond motifs is 1. The summed E-state index contributed by atoms with van der Waals surface area (Å²) in [5.41, 5.74) is 1.51. The van der Waals surface area contributed by atoms with Crippen LogP contribution in [-0.2, 0) is 16.0 Å². The molecule has 0 unspecified atom stereocenters. The van der Waals surface area contributed by atoms with Crippen molar-refractivity contribution in [2.75, 3.05) is 25.0 Å². The van der Waals surface area contributed by atoms with Crippen LogP contribution in [0.2, 0.25) is 0 Å². The van der Waals surface area contributed by atoms with Crippen LogP contribution >= 0.6 is 0 Å². The predicted molar refractivity (Wildman–Crippen MR) is 113 cm³/mol. The van der Waals surface area contributed by atoms with Crippen molar-refractivity contribution >= 4 is 28.5 Å². The summed E-state index contributed by atoms with van der Waals surface area (Å²) in [4.78, 5) is 37.6. The molecule has 7 nitrogen and oxygen atoms in total.